The summed E-state index contributed by atoms with van der Waals surface area (Å²) < 4.78 is 39.9. The van der Waals surface area contributed by atoms with E-state index in [0.717, 1.165) is 12.1 Å². The monoisotopic (exact) mass is 318 g/mol. The lowest BCUT2D eigenvalue weighted by atomic mass is 10.3. The number of nitrogens with one attached hydrogen (secondary N) is 2. The highest BCUT2D eigenvalue weighted by molar-refractivity contribution is 7.92. The van der Waals surface area contributed by atoms with Crippen molar-refractivity contribution in [3.63, 3.8) is 0 Å². The first-order chi connectivity index (χ1) is 9.35. The minimum atomic E-state index is -3.91. The molecular weight excluding hydrogens is 307 g/mol. The molecule has 2 aromatic rings. The molecule has 0 aliphatic carbocycles. The first kappa shape index (κ1) is 14.8. The van der Waals surface area contributed by atoms with E-state index < -0.39 is 15.8 Å². The Morgan fingerprint density at radius 2 is 2.20 bits per heavy atom. The van der Waals surface area contributed by atoms with Crippen molar-refractivity contribution < 1.29 is 12.8 Å². The fourth-order valence-electron chi connectivity index (χ4n) is 1.73. The minimum absolute atomic E-state index is 0.0274. The summed E-state index contributed by atoms with van der Waals surface area (Å²) in [6, 6.07) is 3.37. The number of nitrogens with two attached hydrogens (primary N) is 1. The smallest absolute Gasteiger partial charge is 0.265 e. The second-order valence-corrected chi connectivity index (χ2v) is 6.08. The van der Waals surface area contributed by atoms with Crippen LogP contribution in [0, 0.1) is 12.7 Å². The van der Waals surface area contributed by atoms with Gasteiger partial charge in [0.2, 0.25) is 0 Å². The van der Waals surface area contributed by atoms with Crippen molar-refractivity contribution in [2.45, 2.75) is 18.4 Å². The maximum atomic E-state index is 12.9. The number of hydrogen-bond donors (Lipinski definition) is 3. The average molecular weight is 319 g/mol. The molecule has 108 valence electrons. The van der Waals surface area contributed by atoms with Crippen LogP contribution in [-0.4, -0.2) is 18.6 Å². The first-order valence-electron chi connectivity index (χ1n) is 5.57. The Morgan fingerprint density at radius 3 is 2.80 bits per heavy atom. The van der Waals surface area contributed by atoms with Crippen molar-refractivity contribution >= 4 is 27.3 Å². The van der Waals surface area contributed by atoms with Crippen LogP contribution in [0.2, 0.25) is 5.02 Å². The lowest BCUT2D eigenvalue weighted by Gasteiger charge is -2.10. The van der Waals surface area contributed by atoms with Gasteiger partial charge in [0.05, 0.1) is 22.1 Å². The lowest BCUT2D eigenvalue weighted by molar-refractivity contribution is 0.599. The van der Waals surface area contributed by atoms with Crippen molar-refractivity contribution in [1.29, 1.82) is 0 Å². The molecule has 1 aromatic heterocycles. The van der Waals surface area contributed by atoms with Crippen LogP contribution < -0.4 is 10.5 Å². The number of sulfonamides is 1. The Bertz CT molecular complexity index is 745. The number of aromatic nitrogens is 2. The summed E-state index contributed by atoms with van der Waals surface area (Å²) in [5.41, 5.74) is 6.11. The lowest BCUT2D eigenvalue weighted by Crippen LogP contribution is -2.16. The van der Waals surface area contributed by atoms with Crippen LogP contribution in [0.5, 0.6) is 0 Å². The van der Waals surface area contributed by atoms with Crippen molar-refractivity contribution in [1.82, 2.24) is 10.2 Å². The van der Waals surface area contributed by atoms with Crippen LogP contribution in [0.4, 0.5) is 10.1 Å². The predicted octanol–water partition coefficient (Wildman–Crippen LogP) is 1.77. The number of H-pyrrole nitrogens is 1. The molecule has 20 heavy (non-hydrogen) atoms. The van der Waals surface area contributed by atoms with Crippen molar-refractivity contribution in [2.24, 2.45) is 5.73 Å². The number of aryl methyl sites for hydroxylation is 1. The van der Waals surface area contributed by atoms with Crippen LogP contribution in [0.25, 0.3) is 0 Å². The fraction of sp³-hybridized carbons (Fsp3) is 0.182. The fourth-order valence-corrected chi connectivity index (χ4v) is 3.46. The quantitative estimate of drug-likeness (QED) is 0.799. The van der Waals surface area contributed by atoms with Crippen LogP contribution in [0.3, 0.4) is 0 Å². The summed E-state index contributed by atoms with van der Waals surface area (Å²) in [4.78, 5) is -0.0274. The number of hydrogen-bond acceptors (Lipinski definition) is 4. The van der Waals surface area contributed by atoms with Crippen LogP contribution in [0.1, 0.15) is 11.4 Å². The average Bonchev–Trinajstić information content (AvgIpc) is 2.75. The molecule has 9 heteroatoms. The van der Waals surface area contributed by atoms with Gasteiger partial charge in [0.1, 0.15) is 10.7 Å². The molecule has 2 rings (SSSR count). The molecule has 0 amide bonds. The molecule has 0 atom stereocenters. The van der Waals surface area contributed by atoms with Crippen molar-refractivity contribution in [3.8, 4) is 0 Å². The topological polar surface area (TPSA) is 101 Å². The molecule has 0 spiro atoms. The number of benzene rings is 1. The third-order valence-corrected chi connectivity index (χ3v) is 4.48. The van der Waals surface area contributed by atoms with E-state index in [4.69, 9.17) is 17.3 Å². The number of nitrogens with zero attached hydrogens (tertiary/aromatic N) is 1. The summed E-state index contributed by atoms with van der Waals surface area (Å²) in [7, 11) is -3.91. The summed E-state index contributed by atoms with van der Waals surface area (Å²) in [6.45, 7) is 1.53. The van der Waals surface area contributed by atoms with Gasteiger partial charge in [0.25, 0.3) is 10.0 Å². The highest BCUT2D eigenvalue weighted by Gasteiger charge is 2.24. The van der Waals surface area contributed by atoms with E-state index in [2.05, 4.69) is 14.9 Å². The Kier molecular flexibility index (Phi) is 3.98. The molecule has 0 unspecified atom stereocenters. The maximum Gasteiger partial charge on any atom is 0.265 e. The molecule has 0 aliphatic rings. The molecule has 4 N–H and O–H groups in total. The first-order valence-corrected chi connectivity index (χ1v) is 7.43. The van der Waals surface area contributed by atoms with Gasteiger partial charge in [-0.25, -0.2) is 12.8 Å². The molecule has 0 bridgehead atoms. The molecule has 0 saturated heterocycles. The molecule has 6 nitrogen and oxygen atoms in total. The number of anilines is 1. The molecular formula is C11H12ClFN4O2S. The zero-order valence-electron chi connectivity index (χ0n) is 10.4. The van der Waals surface area contributed by atoms with E-state index in [1.165, 1.54) is 6.07 Å². The Balaban J connectivity index is 2.43. The van der Waals surface area contributed by atoms with Crippen LogP contribution >= 0.6 is 11.6 Å². The minimum Gasteiger partial charge on any atom is -0.325 e. The maximum absolute atomic E-state index is 12.9. The van der Waals surface area contributed by atoms with E-state index in [9.17, 15) is 12.8 Å². The molecule has 1 aromatic carbocycles. The van der Waals surface area contributed by atoms with E-state index >= 15 is 0 Å². The number of rotatable bonds is 4. The third kappa shape index (κ3) is 2.77. The second-order valence-electron chi connectivity index (χ2n) is 4.06. The van der Waals surface area contributed by atoms with E-state index in [-0.39, 0.29) is 27.8 Å². The van der Waals surface area contributed by atoms with Gasteiger partial charge in [-0.05, 0) is 25.1 Å². The number of halogens is 2. The molecule has 0 saturated carbocycles. The van der Waals surface area contributed by atoms with Gasteiger partial charge in [-0.15, -0.1) is 0 Å². The molecule has 0 radical (unpaired) electrons. The van der Waals surface area contributed by atoms with Gasteiger partial charge in [-0.3, -0.25) is 9.82 Å². The Labute approximate surface area is 120 Å². The van der Waals surface area contributed by atoms with E-state index in [1.807, 2.05) is 0 Å². The highest BCUT2D eigenvalue weighted by atomic mass is 35.5. The third-order valence-electron chi connectivity index (χ3n) is 2.60. The van der Waals surface area contributed by atoms with Gasteiger partial charge < -0.3 is 5.73 Å². The normalized spacial score (nSPS) is 11.6. The summed E-state index contributed by atoms with van der Waals surface area (Å²) in [5, 5.41) is 6.34. The van der Waals surface area contributed by atoms with Crippen molar-refractivity contribution in [2.75, 3.05) is 4.72 Å². The van der Waals surface area contributed by atoms with E-state index in [1.54, 1.807) is 6.92 Å². The van der Waals surface area contributed by atoms with Gasteiger partial charge >= 0.3 is 0 Å². The highest BCUT2D eigenvalue weighted by Crippen LogP contribution is 2.27. The second kappa shape index (κ2) is 5.39. The van der Waals surface area contributed by atoms with E-state index in [0.29, 0.717) is 5.69 Å². The van der Waals surface area contributed by atoms with Crippen LogP contribution in [0.15, 0.2) is 23.1 Å². The largest absolute Gasteiger partial charge is 0.325 e. The predicted molar refractivity (Wildman–Crippen MR) is 73.4 cm³/mol. The number of aromatic amines is 1. The van der Waals surface area contributed by atoms with Gasteiger partial charge in [0, 0.05) is 6.54 Å². The standard InChI is InChI=1S/C11H12ClFN4O2S/c1-6-11(10(5-14)16-15-6)20(18,19)17-9-3-2-7(13)4-8(9)12/h2-4,17H,5,14H2,1H3,(H,15,16). The van der Waals surface area contributed by atoms with Gasteiger partial charge in [0.15, 0.2) is 0 Å². The summed E-state index contributed by atoms with van der Waals surface area (Å²) in [5.74, 6) is -0.555. The Hall–Kier alpha value is -1.64. The molecule has 0 aliphatic heterocycles. The summed E-state index contributed by atoms with van der Waals surface area (Å²) >= 11 is 5.80. The summed E-state index contributed by atoms with van der Waals surface area (Å²) in [6.07, 6.45) is 0. The Morgan fingerprint density at radius 1 is 1.50 bits per heavy atom. The molecule has 0 fully saturated rings. The van der Waals surface area contributed by atoms with Gasteiger partial charge in [-0.2, -0.15) is 5.10 Å². The van der Waals surface area contributed by atoms with Gasteiger partial charge in [-0.1, -0.05) is 11.6 Å². The zero-order chi connectivity index (χ0) is 14.9. The van der Waals surface area contributed by atoms with Crippen molar-refractivity contribution in [3.05, 3.63) is 40.4 Å². The van der Waals surface area contributed by atoms with Crippen LogP contribution in [-0.2, 0) is 16.6 Å². The zero-order valence-corrected chi connectivity index (χ0v) is 12.0. The molecule has 1 heterocycles. The SMILES string of the molecule is Cc1[nH]nc(CN)c1S(=O)(=O)Nc1ccc(F)cc1Cl.